The van der Waals surface area contributed by atoms with Crippen LogP contribution in [0.15, 0.2) is 6.20 Å². The van der Waals surface area contributed by atoms with E-state index in [1.54, 1.807) is 0 Å². The maximum absolute atomic E-state index is 8.63. The highest BCUT2D eigenvalue weighted by atomic mass is 16.5. The third-order valence-electron chi connectivity index (χ3n) is 2.15. The molecule has 0 aliphatic carbocycles. The molecule has 0 saturated heterocycles. The first kappa shape index (κ1) is 12.2. The van der Waals surface area contributed by atoms with Crippen molar-refractivity contribution in [1.29, 1.82) is 5.26 Å². The van der Waals surface area contributed by atoms with E-state index < -0.39 is 0 Å². The van der Waals surface area contributed by atoms with Crippen molar-refractivity contribution in [3.8, 4) is 12.1 Å². The van der Waals surface area contributed by atoms with Gasteiger partial charge in [-0.3, -0.25) is 0 Å². The summed E-state index contributed by atoms with van der Waals surface area (Å²) in [4.78, 5) is 7.78. The topological polar surface area (TPSA) is 84.8 Å². The molecule has 5 nitrogen and oxygen atoms in total. The molecule has 5 heteroatoms. The molecule has 0 aliphatic rings. The van der Waals surface area contributed by atoms with Gasteiger partial charge in [0, 0.05) is 0 Å². The highest BCUT2D eigenvalue weighted by molar-refractivity contribution is 5.46. The monoisotopic (exact) mass is 220 g/mol. The Morgan fingerprint density at radius 3 is 2.88 bits per heavy atom. The van der Waals surface area contributed by atoms with E-state index in [-0.39, 0.29) is 17.4 Å². The zero-order valence-electron chi connectivity index (χ0n) is 9.44. The molecule has 1 aromatic heterocycles. The van der Waals surface area contributed by atoms with Crippen LogP contribution in [0.4, 0.5) is 5.82 Å². The fourth-order valence-electron chi connectivity index (χ4n) is 1.23. The SMILES string of the molecule is CCCCCCOc1ncc(C#N)c(N)n1. The summed E-state index contributed by atoms with van der Waals surface area (Å²) in [6, 6.07) is 2.14. The van der Waals surface area contributed by atoms with Crippen LogP contribution in [-0.2, 0) is 0 Å². The number of hydrogen-bond acceptors (Lipinski definition) is 5. The zero-order chi connectivity index (χ0) is 11.8. The summed E-state index contributed by atoms with van der Waals surface area (Å²) in [6.45, 7) is 2.75. The average molecular weight is 220 g/mol. The lowest BCUT2D eigenvalue weighted by atomic mass is 10.2. The van der Waals surface area contributed by atoms with Crippen molar-refractivity contribution in [3.05, 3.63) is 11.8 Å². The van der Waals surface area contributed by atoms with E-state index >= 15 is 0 Å². The van der Waals surface area contributed by atoms with Gasteiger partial charge in [0.05, 0.1) is 12.8 Å². The minimum absolute atomic E-state index is 0.168. The molecule has 86 valence electrons. The molecule has 1 heterocycles. The van der Waals surface area contributed by atoms with Gasteiger partial charge >= 0.3 is 6.01 Å². The summed E-state index contributed by atoms with van der Waals surface area (Å²) in [7, 11) is 0. The second kappa shape index (κ2) is 6.62. The van der Waals surface area contributed by atoms with Crippen LogP contribution in [0.5, 0.6) is 6.01 Å². The van der Waals surface area contributed by atoms with Crippen molar-refractivity contribution < 1.29 is 4.74 Å². The van der Waals surface area contributed by atoms with Crippen molar-refractivity contribution in [2.45, 2.75) is 32.6 Å². The first-order valence-electron chi connectivity index (χ1n) is 5.43. The van der Waals surface area contributed by atoms with E-state index in [2.05, 4.69) is 16.9 Å². The Bertz CT molecular complexity index is 373. The Hall–Kier alpha value is -1.83. The Labute approximate surface area is 95.3 Å². The number of rotatable bonds is 6. The molecule has 0 spiro atoms. The summed E-state index contributed by atoms with van der Waals surface area (Å²) >= 11 is 0. The average Bonchev–Trinajstić information content (AvgIpc) is 2.29. The zero-order valence-corrected chi connectivity index (χ0v) is 9.44. The molecular formula is C11H16N4O. The van der Waals surface area contributed by atoms with Gasteiger partial charge in [0.2, 0.25) is 0 Å². The van der Waals surface area contributed by atoms with Gasteiger partial charge in [-0.1, -0.05) is 26.2 Å². The summed E-state index contributed by atoms with van der Waals surface area (Å²) < 4.78 is 5.32. The minimum Gasteiger partial charge on any atom is -0.463 e. The van der Waals surface area contributed by atoms with Crippen LogP contribution in [0.25, 0.3) is 0 Å². The Morgan fingerprint density at radius 1 is 1.44 bits per heavy atom. The molecule has 0 bridgehead atoms. The fourth-order valence-corrected chi connectivity index (χ4v) is 1.23. The Kier molecular flexibility index (Phi) is 5.06. The van der Waals surface area contributed by atoms with Gasteiger partial charge in [-0.15, -0.1) is 0 Å². The Balaban J connectivity index is 2.38. The first-order valence-corrected chi connectivity index (χ1v) is 5.43. The molecule has 0 unspecified atom stereocenters. The number of nitrogens with zero attached hydrogens (tertiary/aromatic N) is 3. The molecule has 0 aliphatic heterocycles. The number of aromatic nitrogens is 2. The smallest absolute Gasteiger partial charge is 0.318 e. The quantitative estimate of drug-likeness (QED) is 0.740. The Morgan fingerprint density at radius 2 is 2.25 bits per heavy atom. The van der Waals surface area contributed by atoms with Gasteiger partial charge in [-0.25, -0.2) is 4.98 Å². The van der Waals surface area contributed by atoms with Crippen LogP contribution < -0.4 is 10.5 Å². The molecule has 1 aromatic rings. The summed E-state index contributed by atoms with van der Waals surface area (Å²) in [5.41, 5.74) is 5.81. The van der Waals surface area contributed by atoms with E-state index in [1.165, 1.54) is 19.0 Å². The van der Waals surface area contributed by atoms with Crippen LogP contribution in [-0.4, -0.2) is 16.6 Å². The van der Waals surface area contributed by atoms with Gasteiger partial charge in [-0.2, -0.15) is 10.2 Å². The van der Waals surface area contributed by atoms with Crippen LogP contribution in [0, 0.1) is 11.3 Å². The molecular weight excluding hydrogens is 204 g/mol. The number of nitrogens with two attached hydrogens (primary N) is 1. The number of hydrogen-bond donors (Lipinski definition) is 1. The largest absolute Gasteiger partial charge is 0.463 e. The number of nitriles is 1. The maximum atomic E-state index is 8.63. The first-order chi connectivity index (χ1) is 7.77. The predicted octanol–water partition coefficient (Wildman–Crippen LogP) is 1.89. The second-order valence-electron chi connectivity index (χ2n) is 3.47. The lowest BCUT2D eigenvalue weighted by molar-refractivity contribution is 0.282. The third-order valence-corrected chi connectivity index (χ3v) is 2.15. The predicted molar refractivity (Wildman–Crippen MR) is 60.8 cm³/mol. The van der Waals surface area contributed by atoms with Crippen molar-refractivity contribution in [2.75, 3.05) is 12.3 Å². The van der Waals surface area contributed by atoms with Crippen molar-refractivity contribution in [1.82, 2.24) is 9.97 Å². The second-order valence-corrected chi connectivity index (χ2v) is 3.47. The third kappa shape index (κ3) is 3.73. The van der Waals surface area contributed by atoms with Gasteiger partial charge < -0.3 is 10.5 Å². The molecule has 0 amide bonds. The molecule has 1 rings (SSSR count). The highest BCUT2D eigenvalue weighted by Gasteiger charge is 2.03. The minimum atomic E-state index is 0.168. The van der Waals surface area contributed by atoms with E-state index in [0.717, 1.165) is 12.8 Å². The van der Waals surface area contributed by atoms with E-state index in [1.807, 2.05) is 6.07 Å². The molecule has 16 heavy (non-hydrogen) atoms. The molecule has 2 N–H and O–H groups in total. The van der Waals surface area contributed by atoms with Crippen molar-refractivity contribution in [2.24, 2.45) is 0 Å². The molecule has 0 saturated carbocycles. The molecule has 0 aromatic carbocycles. The van der Waals surface area contributed by atoms with Crippen LogP contribution in [0.2, 0.25) is 0 Å². The number of ether oxygens (including phenoxy) is 1. The lowest BCUT2D eigenvalue weighted by Crippen LogP contribution is -2.04. The van der Waals surface area contributed by atoms with Gasteiger partial charge in [-0.05, 0) is 6.42 Å². The molecule has 0 fully saturated rings. The van der Waals surface area contributed by atoms with Crippen molar-refractivity contribution >= 4 is 5.82 Å². The summed E-state index contributed by atoms with van der Waals surface area (Å²) in [5, 5.41) is 8.63. The van der Waals surface area contributed by atoms with Crippen LogP contribution in [0.1, 0.15) is 38.2 Å². The summed E-state index contributed by atoms with van der Waals surface area (Å²) in [6.07, 6.45) is 5.91. The van der Waals surface area contributed by atoms with Gasteiger partial charge in [0.15, 0.2) is 0 Å². The normalized spacial score (nSPS) is 9.75. The lowest BCUT2D eigenvalue weighted by Gasteiger charge is -2.04. The van der Waals surface area contributed by atoms with E-state index in [0.29, 0.717) is 6.61 Å². The number of unbranched alkanes of at least 4 members (excludes halogenated alkanes) is 3. The fraction of sp³-hybridized carbons (Fsp3) is 0.545. The number of anilines is 1. The maximum Gasteiger partial charge on any atom is 0.318 e. The number of nitrogen functional groups attached to an aromatic ring is 1. The van der Waals surface area contributed by atoms with E-state index in [4.69, 9.17) is 15.7 Å². The molecule has 0 radical (unpaired) electrons. The summed E-state index contributed by atoms with van der Waals surface area (Å²) in [5.74, 6) is 0.168. The van der Waals surface area contributed by atoms with Crippen molar-refractivity contribution in [3.63, 3.8) is 0 Å². The van der Waals surface area contributed by atoms with Crippen LogP contribution in [0.3, 0.4) is 0 Å². The van der Waals surface area contributed by atoms with Crippen LogP contribution >= 0.6 is 0 Å². The van der Waals surface area contributed by atoms with E-state index in [9.17, 15) is 0 Å². The standard InChI is InChI=1S/C11H16N4O/c1-2-3-4-5-6-16-11-14-8-9(7-12)10(13)15-11/h8H,2-6H2,1H3,(H2,13,14,15). The highest BCUT2D eigenvalue weighted by Crippen LogP contribution is 2.10. The van der Waals surface area contributed by atoms with Gasteiger partial charge in [0.1, 0.15) is 17.5 Å². The van der Waals surface area contributed by atoms with Gasteiger partial charge in [0.25, 0.3) is 0 Å². The molecule has 0 atom stereocenters.